The second kappa shape index (κ2) is 25.2. The number of aromatic nitrogens is 4. The Morgan fingerprint density at radius 2 is 0.684 bits per heavy atom. The van der Waals surface area contributed by atoms with Crippen LogP contribution in [0.15, 0.2) is 410 Å². The lowest BCUT2D eigenvalue weighted by molar-refractivity contribution is 0.435. The van der Waals surface area contributed by atoms with Gasteiger partial charge in [0.2, 0.25) is 0 Å². The first kappa shape index (κ1) is 64.6. The van der Waals surface area contributed by atoms with Crippen molar-refractivity contribution in [1.82, 2.24) is 18.7 Å². The minimum Gasteiger partial charge on any atom is -0.457 e. The van der Waals surface area contributed by atoms with Crippen LogP contribution in [0.1, 0.15) is 44.5 Å². The lowest BCUT2D eigenvalue weighted by Crippen LogP contribution is -2.39. The van der Waals surface area contributed by atoms with Gasteiger partial charge in [-0.05, 0) is 197 Å². The molecule has 17 aromatic carbocycles. The van der Waals surface area contributed by atoms with Crippen molar-refractivity contribution in [2.45, 2.75) is 20.6 Å². The highest BCUT2D eigenvalue weighted by atomic mass is 32.2. The standard InChI is InChI=1S/C56H36N4S.C49H30N2OS/c1-3-17-38(18-4-1)59-49-27-13-8-22-43(49)56(44-23-9-14-28-50(44)59)45-24-10-16-30-53(45)61-54-36-52-42(35-46(54)56)41-21-7-12-26-48(41)58(52)40-33-31-37(32-34-40)55-57-47-25-11-15-29-51(47)60(55)39-19-5-2-6-20-39;1-2-14-31(15-3-1)50-42-22-10-6-18-37(42)49(38-19-7-11-23-43(38)50)39-20-8-12-24-45(39)52-46-30-44-35(29-40(46)49)33-16-4-9-21-41(33)51(44)32-26-27-48-36(28-32)34-17-5-13-25-47(34)53-48/h1-36H;1-30H. The average molecular weight is 1490 g/mol. The SMILES string of the molecule is c1ccc(N2c3ccccc3C3(c4ccccc4Oc4cc5c(cc43)c3ccccc3n5-c3ccc4sc5ccccc5c4c3)c3ccccc32)cc1.c1ccc(N2c3ccccc3C3(c4ccccc4Sc4cc5c(cc43)c3ccccc3n5-c3ccc(-c4nc5ccccc5n4-c4ccccc4)cc3)c3ccccc32)cc1. The van der Waals surface area contributed by atoms with E-state index in [0.29, 0.717) is 0 Å². The third-order valence-electron chi connectivity index (χ3n) is 24.2. The zero-order valence-corrected chi connectivity index (χ0v) is 63.1. The summed E-state index contributed by atoms with van der Waals surface area (Å²) in [7, 11) is 0. The fourth-order valence-electron chi connectivity index (χ4n) is 19.6. The summed E-state index contributed by atoms with van der Waals surface area (Å²) in [5, 5.41) is 7.49. The molecule has 0 radical (unpaired) electrons. The van der Waals surface area contributed by atoms with Gasteiger partial charge < -0.3 is 23.7 Å². The normalized spacial score (nSPS) is 13.8. The highest BCUT2D eigenvalue weighted by Crippen LogP contribution is 2.66. The molecule has 0 atom stereocenters. The smallest absolute Gasteiger partial charge is 0.145 e. The zero-order chi connectivity index (χ0) is 74.7. The van der Waals surface area contributed by atoms with Crippen LogP contribution in [-0.4, -0.2) is 18.7 Å². The van der Waals surface area contributed by atoms with E-state index in [0.717, 1.165) is 79.0 Å². The third kappa shape index (κ3) is 9.24. The zero-order valence-electron chi connectivity index (χ0n) is 61.5. The van der Waals surface area contributed by atoms with Crippen LogP contribution < -0.4 is 14.5 Å². The van der Waals surface area contributed by atoms with Crippen molar-refractivity contribution in [2.24, 2.45) is 0 Å². The van der Waals surface area contributed by atoms with Crippen molar-refractivity contribution in [3.05, 3.63) is 445 Å². The van der Waals surface area contributed by atoms with Crippen LogP contribution in [-0.2, 0) is 10.8 Å². The van der Waals surface area contributed by atoms with E-state index < -0.39 is 10.8 Å². The maximum absolute atomic E-state index is 7.03. The summed E-state index contributed by atoms with van der Waals surface area (Å²) < 4.78 is 16.8. The van der Waals surface area contributed by atoms with Crippen LogP contribution >= 0.6 is 23.1 Å². The number of anilines is 6. The van der Waals surface area contributed by atoms with Crippen molar-refractivity contribution in [2.75, 3.05) is 9.80 Å². The number of rotatable bonds is 6. The fourth-order valence-corrected chi connectivity index (χ4v) is 21.9. The van der Waals surface area contributed by atoms with Crippen molar-refractivity contribution < 1.29 is 4.74 Å². The summed E-state index contributed by atoms with van der Waals surface area (Å²) in [5.74, 6) is 2.68. The Bertz CT molecular complexity index is 7430. The van der Waals surface area contributed by atoms with E-state index in [1.54, 1.807) is 0 Å². The molecule has 25 rings (SSSR count). The van der Waals surface area contributed by atoms with Gasteiger partial charge in [0.05, 0.1) is 66.7 Å². The second-order valence-corrected chi connectivity index (χ2v) is 32.1. The minimum absolute atomic E-state index is 0.557. The quantitative estimate of drug-likeness (QED) is 0.166. The Labute approximate surface area is 666 Å². The monoisotopic (exact) mass is 1490 g/mol. The number of imidazole rings is 1. The summed E-state index contributed by atoms with van der Waals surface area (Å²) in [6.07, 6.45) is 0. The Kier molecular flexibility index (Phi) is 14.2. The number of hydrogen-bond acceptors (Lipinski definition) is 6. The minimum atomic E-state index is -0.630. The van der Waals surface area contributed by atoms with Crippen LogP contribution in [0.5, 0.6) is 11.5 Å². The number of thiophene rings is 1. The molecular formula is C105H66N6OS2. The number of nitrogens with zero attached hydrogens (tertiary/aromatic N) is 6. The summed E-state index contributed by atoms with van der Waals surface area (Å²) in [6, 6.07) is 146. The van der Waals surface area contributed by atoms with Gasteiger partial charge >= 0.3 is 0 Å². The molecule has 0 fully saturated rings. The molecule has 0 bridgehead atoms. The number of benzene rings is 17. The highest BCUT2D eigenvalue weighted by Gasteiger charge is 2.53. The Balaban J connectivity index is 0.000000133. The Hall–Kier alpha value is -14.2. The molecular weight excluding hydrogens is 1430 g/mol. The van der Waals surface area contributed by atoms with Crippen LogP contribution in [0.25, 0.3) is 103 Å². The van der Waals surface area contributed by atoms with Crippen molar-refractivity contribution in [3.63, 3.8) is 0 Å². The van der Waals surface area contributed by atoms with Gasteiger partial charge in [-0.3, -0.25) is 4.57 Å². The van der Waals surface area contributed by atoms with E-state index in [1.165, 1.54) is 124 Å². The van der Waals surface area contributed by atoms with E-state index in [2.05, 4.69) is 424 Å². The molecule has 0 amide bonds. The van der Waals surface area contributed by atoms with Crippen molar-refractivity contribution >= 4 is 132 Å². The van der Waals surface area contributed by atoms with Crippen LogP contribution in [0.4, 0.5) is 34.1 Å². The van der Waals surface area contributed by atoms with Gasteiger partial charge in [0.1, 0.15) is 17.3 Å². The van der Waals surface area contributed by atoms with E-state index in [1.807, 2.05) is 23.1 Å². The first-order valence-electron chi connectivity index (χ1n) is 38.9. The average Bonchev–Trinajstić information content (AvgIpc) is 0.756. The van der Waals surface area contributed by atoms with E-state index in [9.17, 15) is 0 Å². The molecule has 534 valence electrons. The predicted molar refractivity (Wildman–Crippen MR) is 472 cm³/mol. The molecule has 21 aromatic rings. The van der Waals surface area contributed by atoms with Gasteiger partial charge in [0.15, 0.2) is 0 Å². The number of fused-ring (bicyclic) bond motifs is 26. The van der Waals surface area contributed by atoms with Crippen molar-refractivity contribution in [3.8, 4) is 39.9 Å². The molecule has 4 aliphatic heterocycles. The van der Waals surface area contributed by atoms with Gasteiger partial charge in [0.25, 0.3) is 0 Å². The first-order chi connectivity index (χ1) is 56.6. The number of para-hydroxylation sites is 12. The molecule has 8 heterocycles. The van der Waals surface area contributed by atoms with E-state index in [4.69, 9.17) is 9.72 Å². The van der Waals surface area contributed by atoms with Gasteiger partial charge in [-0.1, -0.05) is 242 Å². The fraction of sp³-hybridized carbons (Fsp3) is 0.0190. The maximum Gasteiger partial charge on any atom is 0.145 e. The summed E-state index contributed by atoms with van der Waals surface area (Å²) >= 11 is 3.74. The predicted octanol–water partition coefficient (Wildman–Crippen LogP) is 27.8. The summed E-state index contributed by atoms with van der Waals surface area (Å²) in [6.45, 7) is 0. The van der Waals surface area contributed by atoms with E-state index in [-0.39, 0.29) is 0 Å². The largest absolute Gasteiger partial charge is 0.457 e. The van der Waals surface area contributed by atoms with E-state index >= 15 is 0 Å². The lowest BCUT2D eigenvalue weighted by Gasteiger charge is -2.49. The van der Waals surface area contributed by atoms with Gasteiger partial charge in [-0.15, -0.1) is 11.3 Å². The highest BCUT2D eigenvalue weighted by molar-refractivity contribution is 7.99. The molecule has 0 saturated heterocycles. The molecule has 0 aliphatic carbocycles. The third-order valence-corrected chi connectivity index (χ3v) is 26.5. The molecule has 0 unspecified atom stereocenters. The molecule has 4 aliphatic rings. The van der Waals surface area contributed by atoms with Crippen molar-refractivity contribution in [1.29, 1.82) is 0 Å². The second-order valence-electron chi connectivity index (χ2n) is 30.0. The van der Waals surface area contributed by atoms with Gasteiger partial charge in [-0.25, -0.2) is 4.98 Å². The Morgan fingerprint density at radius 3 is 1.30 bits per heavy atom. The molecule has 0 N–H and O–H groups in total. The summed E-state index contributed by atoms with van der Waals surface area (Å²) in [4.78, 5) is 12.6. The Morgan fingerprint density at radius 1 is 0.246 bits per heavy atom. The number of ether oxygens (including phenoxy) is 1. The number of hydrogen-bond donors (Lipinski definition) is 0. The molecule has 0 saturated carbocycles. The first-order valence-corrected chi connectivity index (χ1v) is 40.5. The summed E-state index contributed by atoms with van der Waals surface area (Å²) in [5.41, 5.74) is 27.0. The molecule has 7 nitrogen and oxygen atoms in total. The lowest BCUT2D eigenvalue weighted by atomic mass is 9.61. The molecule has 9 heteroatoms. The van der Waals surface area contributed by atoms with Crippen LogP contribution in [0.2, 0.25) is 0 Å². The molecule has 2 spiro atoms. The maximum atomic E-state index is 7.03. The van der Waals surface area contributed by atoms with Gasteiger partial charge in [0, 0.05) is 103 Å². The molecule has 4 aromatic heterocycles. The van der Waals surface area contributed by atoms with Crippen LogP contribution in [0, 0.1) is 0 Å². The molecule has 114 heavy (non-hydrogen) atoms. The van der Waals surface area contributed by atoms with Crippen LogP contribution in [0.3, 0.4) is 0 Å². The topological polar surface area (TPSA) is 43.4 Å². The van der Waals surface area contributed by atoms with Gasteiger partial charge in [-0.2, -0.15) is 0 Å².